The smallest absolute Gasteiger partial charge is 0.238 e. The average molecular weight is 571 g/mol. The molecule has 1 atom stereocenters. The van der Waals surface area contributed by atoms with Crippen LogP contribution in [-0.4, -0.2) is 61.3 Å². The van der Waals surface area contributed by atoms with E-state index in [-0.39, 0.29) is 18.6 Å². The second-order valence-corrected chi connectivity index (χ2v) is 10.8. The number of amides is 1. The quantitative estimate of drug-likeness (QED) is 0.227. The number of halogens is 1. The van der Waals surface area contributed by atoms with Crippen LogP contribution in [0.25, 0.3) is 22.2 Å². The zero-order chi connectivity index (χ0) is 28.5. The summed E-state index contributed by atoms with van der Waals surface area (Å²) in [6.07, 6.45) is 4.62. The molecule has 41 heavy (non-hydrogen) atoms. The van der Waals surface area contributed by atoms with E-state index in [0.29, 0.717) is 23.3 Å². The summed E-state index contributed by atoms with van der Waals surface area (Å²) in [7, 11) is 1.89. The number of aromatic amines is 1. The van der Waals surface area contributed by atoms with Gasteiger partial charge in [0.25, 0.3) is 0 Å². The highest BCUT2D eigenvalue weighted by molar-refractivity contribution is 6.30. The second kappa shape index (κ2) is 11.2. The minimum absolute atomic E-state index is 0.0375. The minimum atomic E-state index is -0.0730. The van der Waals surface area contributed by atoms with E-state index < -0.39 is 0 Å². The monoisotopic (exact) mass is 570 g/mol. The number of aryl methyl sites for hydroxylation is 3. The van der Waals surface area contributed by atoms with Gasteiger partial charge in [0.2, 0.25) is 11.9 Å². The standard InChI is InChI=1S/C30H31ClN8O2/c1-18-14-33-30(35-26-13-19(2)38(3)37-26)36-28(18)24-15-32-29-23(24)5-4-6-25(29)34-27(40)17-39-12-11-22(16-39)41-21-9-7-20(31)8-10-21/h4-10,13-15,22,32H,11-12,16-17H2,1-3H3,(H,34,40)(H,33,35,36,37). The number of carbonyl (C=O) groups is 1. The Labute approximate surface area is 242 Å². The Kier molecular flexibility index (Phi) is 7.34. The van der Waals surface area contributed by atoms with Gasteiger partial charge in [-0.1, -0.05) is 23.7 Å². The van der Waals surface area contributed by atoms with Crippen molar-refractivity contribution in [2.75, 3.05) is 30.3 Å². The maximum atomic E-state index is 13.0. The first-order valence-corrected chi connectivity index (χ1v) is 13.9. The van der Waals surface area contributed by atoms with Crippen LogP contribution in [0.4, 0.5) is 17.5 Å². The van der Waals surface area contributed by atoms with E-state index >= 15 is 0 Å². The van der Waals surface area contributed by atoms with E-state index in [9.17, 15) is 4.79 Å². The van der Waals surface area contributed by atoms with E-state index in [0.717, 1.165) is 57.8 Å². The number of ether oxygens (including phenoxy) is 1. The molecule has 0 spiro atoms. The summed E-state index contributed by atoms with van der Waals surface area (Å²) in [5.41, 5.74) is 5.26. The molecule has 0 saturated carbocycles. The Morgan fingerprint density at radius 3 is 2.80 bits per heavy atom. The highest BCUT2D eigenvalue weighted by atomic mass is 35.5. The van der Waals surface area contributed by atoms with Crippen molar-refractivity contribution in [2.45, 2.75) is 26.4 Å². The number of rotatable bonds is 8. The third kappa shape index (κ3) is 5.89. The molecule has 2 aromatic carbocycles. The maximum absolute atomic E-state index is 13.0. The van der Waals surface area contributed by atoms with Gasteiger partial charge in [-0.25, -0.2) is 9.97 Å². The van der Waals surface area contributed by atoms with E-state index in [2.05, 4.69) is 30.6 Å². The number of para-hydroxylation sites is 1. The van der Waals surface area contributed by atoms with Crippen molar-refractivity contribution >= 4 is 45.9 Å². The van der Waals surface area contributed by atoms with Gasteiger partial charge in [-0.05, 0) is 56.2 Å². The van der Waals surface area contributed by atoms with Crippen molar-refractivity contribution in [1.29, 1.82) is 0 Å². The summed E-state index contributed by atoms with van der Waals surface area (Å²) in [5.74, 6) is 1.86. The molecule has 1 amide bonds. The molecule has 4 heterocycles. The Morgan fingerprint density at radius 2 is 2.02 bits per heavy atom. The highest BCUT2D eigenvalue weighted by Gasteiger charge is 2.26. The first-order chi connectivity index (χ1) is 19.8. The molecule has 0 bridgehead atoms. The lowest BCUT2D eigenvalue weighted by Crippen LogP contribution is -2.33. The lowest BCUT2D eigenvalue weighted by molar-refractivity contribution is -0.117. The number of benzene rings is 2. The Morgan fingerprint density at radius 1 is 1.20 bits per heavy atom. The predicted octanol–water partition coefficient (Wildman–Crippen LogP) is 5.46. The number of aromatic nitrogens is 5. The van der Waals surface area contributed by atoms with Crippen LogP contribution in [0.5, 0.6) is 5.75 Å². The number of anilines is 3. The summed E-state index contributed by atoms with van der Waals surface area (Å²) < 4.78 is 7.86. The van der Waals surface area contributed by atoms with Crippen molar-refractivity contribution in [3.63, 3.8) is 0 Å². The van der Waals surface area contributed by atoms with Crippen LogP contribution in [0, 0.1) is 13.8 Å². The maximum Gasteiger partial charge on any atom is 0.238 e. The fourth-order valence-electron chi connectivity index (χ4n) is 5.10. The largest absolute Gasteiger partial charge is 0.489 e. The summed E-state index contributed by atoms with van der Waals surface area (Å²) >= 11 is 5.97. The van der Waals surface area contributed by atoms with Gasteiger partial charge in [0.05, 0.1) is 23.4 Å². The minimum Gasteiger partial charge on any atom is -0.489 e. The average Bonchev–Trinajstić information content (AvgIpc) is 3.66. The van der Waals surface area contributed by atoms with Gasteiger partial charge < -0.3 is 20.4 Å². The van der Waals surface area contributed by atoms with E-state index in [1.807, 2.05) is 75.6 Å². The van der Waals surface area contributed by atoms with Crippen LogP contribution in [-0.2, 0) is 11.8 Å². The molecular weight excluding hydrogens is 540 g/mol. The molecule has 1 unspecified atom stereocenters. The Hall–Kier alpha value is -4.41. The molecule has 1 aliphatic rings. The third-order valence-corrected chi connectivity index (χ3v) is 7.53. The van der Waals surface area contributed by atoms with E-state index in [1.54, 1.807) is 10.9 Å². The van der Waals surface area contributed by atoms with E-state index in [1.165, 1.54) is 0 Å². The fraction of sp³-hybridized carbons (Fsp3) is 0.267. The van der Waals surface area contributed by atoms with Crippen LogP contribution in [0.1, 0.15) is 17.7 Å². The van der Waals surface area contributed by atoms with E-state index in [4.69, 9.17) is 21.3 Å². The van der Waals surface area contributed by atoms with Crippen LogP contribution < -0.4 is 15.4 Å². The van der Waals surface area contributed by atoms with Gasteiger partial charge in [-0.3, -0.25) is 14.4 Å². The number of nitrogens with zero attached hydrogens (tertiary/aromatic N) is 5. The SMILES string of the molecule is Cc1cnc(Nc2cc(C)n(C)n2)nc1-c1c[nH]c2c(NC(=O)CN3CCC(Oc4ccc(Cl)cc4)C3)cccc12. The molecule has 1 saturated heterocycles. The number of hydrogen-bond donors (Lipinski definition) is 3. The lowest BCUT2D eigenvalue weighted by atomic mass is 10.1. The topological polar surface area (TPSA) is 113 Å². The Bertz CT molecular complexity index is 1690. The van der Waals surface area contributed by atoms with Crippen molar-refractivity contribution in [3.05, 3.63) is 77.2 Å². The molecule has 0 radical (unpaired) electrons. The van der Waals surface area contributed by atoms with Gasteiger partial charge in [0.15, 0.2) is 5.82 Å². The second-order valence-electron chi connectivity index (χ2n) is 10.3. The lowest BCUT2D eigenvalue weighted by Gasteiger charge is -2.17. The number of likely N-dealkylation sites (tertiary alicyclic amines) is 1. The zero-order valence-corrected chi connectivity index (χ0v) is 23.9. The first-order valence-electron chi connectivity index (χ1n) is 13.5. The van der Waals surface area contributed by atoms with Crippen molar-refractivity contribution in [1.82, 2.24) is 29.6 Å². The summed E-state index contributed by atoms with van der Waals surface area (Å²) in [5, 5.41) is 12.4. The highest BCUT2D eigenvalue weighted by Crippen LogP contribution is 2.33. The molecule has 6 rings (SSSR count). The molecular formula is C30H31ClN8O2. The Balaban J connectivity index is 1.14. The normalized spacial score (nSPS) is 15.4. The fourth-order valence-corrected chi connectivity index (χ4v) is 5.23. The van der Waals surface area contributed by atoms with Crippen molar-refractivity contribution in [2.24, 2.45) is 7.05 Å². The zero-order valence-electron chi connectivity index (χ0n) is 23.1. The number of carbonyl (C=O) groups excluding carboxylic acids is 1. The number of nitrogens with one attached hydrogen (secondary N) is 3. The molecule has 10 nitrogen and oxygen atoms in total. The van der Waals surface area contributed by atoms with Gasteiger partial charge in [-0.15, -0.1) is 0 Å². The molecule has 1 fully saturated rings. The van der Waals surface area contributed by atoms with Crippen molar-refractivity contribution in [3.8, 4) is 17.0 Å². The van der Waals surface area contributed by atoms with Crippen LogP contribution in [0.3, 0.4) is 0 Å². The molecule has 5 aromatic rings. The summed E-state index contributed by atoms with van der Waals surface area (Å²) in [6.45, 7) is 5.74. The molecule has 3 aromatic heterocycles. The summed E-state index contributed by atoms with van der Waals surface area (Å²) in [4.78, 5) is 27.7. The van der Waals surface area contributed by atoms with Gasteiger partial charge in [-0.2, -0.15) is 5.10 Å². The molecule has 11 heteroatoms. The number of fused-ring (bicyclic) bond motifs is 1. The predicted molar refractivity (Wildman–Crippen MR) is 161 cm³/mol. The van der Waals surface area contributed by atoms with Gasteiger partial charge in [0.1, 0.15) is 11.9 Å². The van der Waals surface area contributed by atoms with Crippen LogP contribution >= 0.6 is 11.6 Å². The molecule has 3 N–H and O–H groups in total. The van der Waals surface area contributed by atoms with Gasteiger partial charge >= 0.3 is 0 Å². The molecule has 210 valence electrons. The van der Waals surface area contributed by atoms with Gasteiger partial charge in [0, 0.05) is 60.3 Å². The number of H-pyrrole nitrogens is 1. The third-order valence-electron chi connectivity index (χ3n) is 7.28. The summed E-state index contributed by atoms with van der Waals surface area (Å²) in [6, 6.07) is 15.2. The first kappa shape index (κ1) is 26.8. The number of hydrogen-bond acceptors (Lipinski definition) is 7. The van der Waals surface area contributed by atoms with Crippen LogP contribution in [0.15, 0.2) is 60.9 Å². The van der Waals surface area contributed by atoms with Crippen LogP contribution in [0.2, 0.25) is 5.02 Å². The molecule has 1 aliphatic heterocycles. The van der Waals surface area contributed by atoms with Crippen molar-refractivity contribution < 1.29 is 9.53 Å². The molecule has 0 aliphatic carbocycles.